The molecule has 1 aliphatic heterocycles. The fourth-order valence-corrected chi connectivity index (χ4v) is 7.42. The van der Waals surface area contributed by atoms with Gasteiger partial charge in [0.05, 0.1) is 11.8 Å². The molecule has 0 spiro atoms. The van der Waals surface area contributed by atoms with E-state index < -0.39 is 36.4 Å². The third kappa shape index (κ3) is 5.13. The highest BCUT2D eigenvalue weighted by molar-refractivity contribution is 6.10. The van der Waals surface area contributed by atoms with E-state index in [2.05, 4.69) is 5.32 Å². The maximum Gasteiger partial charge on any atom is 0.329 e. The number of rotatable bonds is 10. The van der Waals surface area contributed by atoms with E-state index in [4.69, 9.17) is 9.47 Å². The molecule has 8 heteroatoms. The molecule has 46 heavy (non-hydrogen) atoms. The first kappa shape index (κ1) is 29.5. The van der Waals surface area contributed by atoms with Crippen molar-refractivity contribution in [2.24, 2.45) is 11.8 Å². The van der Waals surface area contributed by atoms with E-state index in [1.54, 1.807) is 24.3 Å². The molecule has 3 atom stereocenters. The zero-order valence-electron chi connectivity index (χ0n) is 25.4. The lowest BCUT2D eigenvalue weighted by molar-refractivity contribution is -0.160. The molecule has 0 unspecified atom stereocenters. The van der Waals surface area contributed by atoms with Crippen LogP contribution in [0.15, 0.2) is 103 Å². The third-order valence-corrected chi connectivity index (χ3v) is 9.36. The van der Waals surface area contributed by atoms with Crippen molar-refractivity contribution in [3.05, 3.63) is 125 Å². The number of carbonyl (C=O) groups excluding carboxylic acids is 4. The average Bonchev–Trinajstić information content (AvgIpc) is 3.35. The number of likely N-dealkylation sites (tertiary alicyclic amines) is 1. The summed E-state index contributed by atoms with van der Waals surface area (Å²) in [5, 5.41) is 2.72. The molecule has 8 nitrogen and oxygen atoms in total. The molecular formula is C38H34N2O6. The van der Waals surface area contributed by atoms with E-state index in [9.17, 15) is 19.2 Å². The van der Waals surface area contributed by atoms with Gasteiger partial charge in [-0.25, -0.2) is 4.79 Å². The standard InChI is InChI=1S/C38H34N2O6/c1-2-3-17-30(38(44)45-22-31(41)39-23-18-20-25(21-19-23)46-24-11-5-4-6-12-24)40-36(42)34-32-26-13-7-8-14-27(26)33(35(34)37(40)43)29-16-10-9-15-28(29)32/h4-16,18-21,30,32-35H,2-3,17,22H2,1H3,(H,39,41)/t30-,32?,33?,34-,35-/m1/s1. The maximum atomic E-state index is 14.2. The summed E-state index contributed by atoms with van der Waals surface area (Å²) < 4.78 is 11.3. The lowest BCUT2D eigenvalue weighted by atomic mass is 9.55. The Morgan fingerprint density at radius 3 is 1.74 bits per heavy atom. The number of unbranched alkanes of at least 4 members (excludes halogenated alkanes) is 1. The van der Waals surface area contributed by atoms with E-state index >= 15 is 0 Å². The van der Waals surface area contributed by atoms with Gasteiger partial charge in [0.2, 0.25) is 11.8 Å². The number of hydrogen-bond acceptors (Lipinski definition) is 6. The van der Waals surface area contributed by atoms with Crippen molar-refractivity contribution in [1.82, 2.24) is 4.90 Å². The van der Waals surface area contributed by atoms with Crippen LogP contribution >= 0.6 is 0 Å². The Kier molecular flexibility index (Phi) is 7.86. The van der Waals surface area contributed by atoms with Crippen LogP contribution in [0.25, 0.3) is 0 Å². The van der Waals surface area contributed by atoms with Gasteiger partial charge in [0.15, 0.2) is 6.61 Å². The van der Waals surface area contributed by atoms with Gasteiger partial charge in [0.1, 0.15) is 17.5 Å². The molecule has 0 radical (unpaired) electrons. The molecule has 4 aromatic rings. The number of para-hydroxylation sites is 1. The fraction of sp³-hybridized carbons (Fsp3) is 0.263. The molecule has 1 fully saturated rings. The van der Waals surface area contributed by atoms with Crippen molar-refractivity contribution >= 4 is 29.4 Å². The maximum absolute atomic E-state index is 14.2. The highest BCUT2D eigenvalue weighted by Gasteiger charge is 2.63. The lowest BCUT2D eigenvalue weighted by Gasteiger charge is -2.45. The van der Waals surface area contributed by atoms with Gasteiger partial charge in [0, 0.05) is 17.5 Å². The minimum atomic E-state index is -1.10. The minimum Gasteiger partial charge on any atom is -0.457 e. The number of carbonyl (C=O) groups is 4. The number of nitrogens with zero attached hydrogens (tertiary/aromatic N) is 1. The Hall–Kier alpha value is -5.24. The summed E-state index contributed by atoms with van der Waals surface area (Å²) in [5.41, 5.74) is 4.78. The van der Waals surface area contributed by atoms with Gasteiger partial charge in [-0.15, -0.1) is 0 Å². The number of esters is 1. The van der Waals surface area contributed by atoms with Crippen molar-refractivity contribution in [2.75, 3.05) is 11.9 Å². The summed E-state index contributed by atoms with van der Waals surface area (Å²) in [4.78, 5) is 55.9. The molecule has 3 amide bonds. The number of anilines is 1. The van der Waals surface area contributed by atoms with Crippen LogP contribution in [0.4, 0.5) is 5.69 Å². The highest BCUT2D eigenvalue weighted by atomic mass is 16.5. The van der Waals surface area contributed by atoms with E-state index in [-0.39, 0.29) is 30.1 Å². The second kappa shape index (κ2) is 12.3. The summed E-state index contributed by atoms with van der Waals surface area (Å²) in [6.45, 7) is 1.43. The predicted molar refractivity (Wildman–Crippen MR) is 171 cm³/mol. The summed E-state index contributed by atoms with van der Waals surface area (Å²) in [6.07, 6.45) is 1.65. The van der Waals surface area contributed by atoms with Gasteiger partial charge >= 0.3 is 5.97 Å². The summed E-state index contributed by atoms with van der Waals surface area (Å²) in [5.74, 6) is -2.36. The Labute approximate surface area is 267 Å². The largest absolute Gasteiger partial charge is 0.457 e. The predicted octanol–water partition coefficient (Wildman–Crippen LogP) is 6.41. The average molecular weight is 615 g/mol. The zero-order chi connectivity index (χ0) is 31.8. The molecule has 1 saturated heterocycles. The van der Waals surface area contributed by atoms with E-state index in [0.29, 0.717) is 23.6 Å². The first-order valence-electron chi connectivity index (χ1n) is 15.8. The van der Waals surface area contributed by atoms with Crippen molar-refractivity contribution in [1.29, 1.82) is 0 Å². The van der Waals surface area contributed by atoms with Crippen molar-refractivity contribution in [2.45, 2.75) is 44.1 Å². The first-order chi connectivity index (χ1) is 22.5. The van der Waals surface area contributed by atoms with Crippen molar-refractivity contribution < 1.29 is 28.7 Å². The van der Waals surface area contributed by atoms with Gasteiger partial charge < -0.3 is 14.8 Å². The number of amides is 3. The van der Waals surface area contributed by atoms with E-state index in [0.717, 1.165) is 33.6 Å². The molecule has 4 aliphatic rings. The quantitative estimate of drug-likeness (QED) is 0.164. The molecule has 4 aromatic carbocycles. The van der Waals surface area contributed by atoms with Crippen LogP contribution < -0.4 is 10.1 Å². The number of benzene rings is 4. The molecule has 1 heterocycles. The zero-order valence-corrected chi connectivity index (χ0v) is 25.4. The SMILES string of the molecule is CCCC[C@H](C(=O)OCC(=O)Nc1ccc(Oc2ccccc2)cc1)N1C(=O)[C@@H]2C3c4ccccc4C(c4ccccc43)[C@H]2C1=O. The number of nitrogens with one attached hydrogen (secondary N) is 1. The minimum absolute atomic E-state index is 0.262. The Morgan fingerprint density at radius 1 is 0.717 bits per heavy atom. The molecule has 232 valence electrons. The smallest absolute Gasteiger partial charge is 0.329 e. The lowest BCUT2D eigenvalue weighted by Crippen LogP contribution is -2.47. The van der Waals surface area contributed by atoms with Crippen LogP contribution in [0.2, 0.25) is 0 Å². The third-order valence-electron chi connectivity index (χ3n) is 9.36. The molecule has 1 N–H and O–H groups in total. The van der Waals surface area contributed by atoms with Crippen LogP contribution in [-0.4, -0.2) is 41.2 Å². The number of hydrogen-bond donors (Lipinski definition) is 1. The van der Waals surface area contributed by atoms with Gasteiger partial charge in [-0.2, -0.15) is 0 Å². The van der Waals surface area contributed by atoms with Gasteiger partial charge in [-0.3, -0.25) is 19.3 Å². The monoisotopic (exact) mass is 614 g/mol. The van der Waals surface area contributed by atoms with Crippen LogP contribution in [0.3, 0.4) is 0 Å². The molecule has 2 bridgehead atoms. The second-order valence-electron chi connectivity index (χ2n) is 12.1. The topological polar surface area (TPSA) is 102 Å². The van der Waals surface area contributed by atoms with Crippen molar-refractivity contribution in [3.63, 3.8) is 0 Å². The summed E-state index contributed by atoms with van der Waals surface area (Å²) in [7, 11) is 0. The van der Waals surface area contributed by atoms with Crippen LogP contribution in [0, 0.1) is 11.8 Å². The first-order valence-corrected chi connectivity index (χ1v) is 15.8. The van der Waals surface area contributed by atoms with Gasteiger partial charge in [0.25, 0.3) is 5.91 Å². The van der Waals surface area contributed by atoms with Gasteiger partial charge in [-0.05, 0) is 65.1 Å². The van der Waals surface area contributed by atoms with Crippen LogP contribution in [0.1, 0.15) is 60.3 Å². The van der Waals surface area contributed by atoms with Crippen LogP contribution in [-0.2, 0) is 23.9 Å². The Bertz CT molecular complexity index is 1690. The molecule has 3 aliphatic carbocycles. The molecule has 0 aromatic heterocycles. The molecule has 8 rings (SSSR count). The number of ether oxygens (including phenoxy) is 2. The van der Waals surface area contributed by atoms with Gasteiger partial charge in [-0.1, -0.05) is 86.5 Å². The highest BCUT2D eigenvalue weighted by Crippen LogP contribution is 2.61. The Balaban J connectivity index is 1.06. The van der Waals surface area contributed by atoms with E-state index in [1.165, 1.54) is 0 Å². The molecule has 0 saturated carbocycles. The fourth-order valence-electron chi connectivity index (χ4n) is 7.42. The van der Waals surface area contributed by atoms with E-state index in [1.807, 2.05) is 85.8 Å². The normalized spacial score (nSPS) is 21.2. The van der Waals surface area contributed by atoms with Crippen LogP contribution in [0.5, 0.6) is 11.5 Å². The number of imide groups is 1. The second-order valence-corrected chi connectivity index (χ2v) is 12.1. The molecular weight excluding hydrogens is 580 g/mol. The summed E-state index contributed by atoms with van der Waals surface area (Å²) >= 11 is 0. The summed E-state index contributed by atoms with van der Waals surface area (Å²) in [6, 6.07) is 31.1. The Morgan fingerprint density at radius 2 is 1.22 bits per heavy atom. The van der Waals surface area contributed by atoms with Crippen molar-refractivity contribution in [3.8, 4) is 11.5 Å².